The van der Waals surface area contributed by atoms with Crippen molar-refractivity contribution in [1.82, 2.24) is 0 Å². The molecule has 0 aromatic heterocycles. The molecule has 0 N–H and O–H groups in total. The van der Waals surface area contributed by atoms with Crippen LogP contribution in [0.15, 0.2) is 65.1 Å². The molecule has 2 unspecified atom stereocenters. The van der Waals surface area contributed by atoms with E-state index in [4.69, 9.17) is 0 Å². The topological polar surface area (TPSA) is 0 Å². The smallest absolute Gasteiger partial charge is 0.0673 e. The first kappa shape index (κ1) is 11.4. The molecule has 2 atom stereocenters. The number of hydrogen-bond acceptors (Lipinski definition) is 0. The van der Waals surface area contributed by atoms with E-state index < -0.39 is 0 Å². The molecule has 0 radical (unpaired) electrons. The van der Waals surface area contributed by atoms with Crippen LogP contribution in [0.1, 0.15) is 24.2 Å². The molecule has 2 aromatic rings. The van der Waals surface area contributed by atoms with Crippen LogP contribution in [-0.2, 0) is 10.9 Å². The summed E-state index contributed by atoms with van der Waals surface area (Å²) < 4.78 is 0. The van der Waals surface area contributed by atoms with Crippen LogP contribution in [0.2, 0.25) is 0 Å². The highest BCUT2D eigenvalue weighted by Gasteiger charge is 2.42. The summed E-state index contributed by atoms with van der Waals surface area (Å²) in [6.07, 6.45) is 3.68. The molecular formula is C18H17S+. The Kier molecular flexibility index (Phi) is 2.56. The van der Waals surface area contributed by atoms with E-state index >= 15 is 0 Å². The molecule has 94 valence electrons. The average Bonchev–Trinajstić information content (AvgIpc) is 2.47. The van der Waals surface area contributed by atoms with Gasteiger partial charge in [0.2, 0.25) is 0 Å². The second-order valence-corrected chi connectivity index (χ2v) is 7.62. The van der Waals surface area contributed by atoms with Gasteiger partial charge >= 0.3 is 0 Å². The lowest BCUT2D eigenvalue weighted by molar-refractivity contribution is 0.881. The molecule has 0 saturated heterocycles. The Morgan fingerprint density at radius 1 is 0.947 bits per heavy atom. The van der Waals surface area contributed by atoms with Crippen molar-refractivity contribution in [2.45, 2.75) is 23.5 Å². The van der Waals surface area contributed by atoms with Gasteiger partial charge in [-0.05, 0) is 30.7 Å². The van der Waals surface area contributed by atoms with Crippen LogP contribution in [0.3, 0.4) is 0 Å². The number of fused-ring (bicyclic) bond motifs is 6. The van der Waals surface area contributed by atoms with Crippen LogP contribution >= 0.6 is 0 Å². The molecule has 0 saturated carbocycles. The first-order chi connectivity index (χ1) is 9.34. The Balaban J connectivity index is 1.99. The van der Waals surface area contributed by atoms with E-state index in [0.717, 1.165) is 0 Å². The molecule has 2 aromatic carbocycles. The quantitative estimate of drug-likeness (QED) is 0.477. The van der Waals surface area contributed by atoms with Gasteiger partial charge in [0, 0.05) is 28.4 Å². The molecule has 0 fully saturated rings. The van der Waals surface area contributed by atoms with E-state index in [-0.39, 0.29) is 0 Å². The van der Waals surface area contributed by atoms with E-state index in [2.05, 4.69) is 61.5 Å². The molecule has 0 amide bonds. The predicted molar refractivity (Wildman–Crippen MR) is 83.5 cm³/mol. The Hall–Kier alpha value is -1.47. The van der Waals surface area contributed by atoms with Crippen LogP contribution in [0.5, 0.6) is 0 Å². The molecule has 2 aliphatic rings. The predicted octanol–water partition coefficient (Wildman–Crippen LogP) is 4.74. The molecule has 4 rings (SSSR count). The van der Waals surface area contributed by atoms with Gasteiger partial charge < -0.3 is 0 Å². The van der Waals surface area contributed by atoms with Gasteiger partial charge in [0.15, 0.2) is 10.1 Å². The van der Waals surface area contributed by atoms with Gasteiger partial charge in [-0.2, -0.15) is 0 Å². The SMILES string of the molecule is CC1=CC[S+]2c3ccccc3-c3ccccc3C2C1. The van der Waals surface area contributed by atoms with Crippen molar-refractivity contribution >= 4 is 10.9 Å². The lowest BCUT2D eigenvalue weighted by Crippen LogP contribution is -2.25. The van der Waals surface area contributed by atoms with Crippen molar-refractivity contribution in [3.05, 3.63) is 65.7 Å². The van der Waals surface area contributed by atoms with E-state index in [1.807, 2.05) is 0 Å². The van der Waals surface area contributed by atoms with Crippen molar-refractivity contribution in [3.63, 3.8) is 0 Å². The van der Waals surface area contributed by atoms with Crippen LogP contribution in [0, 0.1) is 0 Å². The molecule has 2 aliphatic heterocycles. The monoisotopic (exact) mass is 265 g/mol. The summed E-state index contributed by atoms with van der Waals surface area (Å²) in [5.41, 5.74) is 6.05. The van der Waals surface area contributed by atoms with Crippen molar-refractivity contribution in [2.24, 2.45) is 0 Å². The molecule has 0 nitrogen and oxygen atoms in total. The lowest BCUT2D eigenvalue weighted by Gasteiger charge is -2.30. The molecule has 0 spiro atoms. The third-order valence-electron chi connectivity index (χ3n) is 4.23. The second kappa shape index (κ2) is 4.28. The maximum absolute atomic E-state index is 2.45. The fourth-order valence-corrected chi connectivity index (χ4v) is 6.14. The summed E-state index contributed by atoms with van der Waals surface area (Å²) >= 11 is 0. The summed E-state index contributed by atoms with van der Waals surface area (Å²) in [7, 11) is 0.364. The van der Waals surface area contributed by atoms with Gasteiger partial charge in [-0.15, -0.1) is 0 Å². The number of hydrogen-bond donors (Lipinski definition) is 0. The average molecular weight is 265 g/mol. The largest absolute Gasteiger partial charge is 0.163 e. The summed E-state index contributed by atoms with van der Waals surface area (Å²) in [4.78, 5) is 1.58. The maximum Gasteiger partial charge on any atom is 0.163 e. The zero-order chi connectivity index (χ0) is 12.8. The minimum Gasteiger partial charge on any atom is -0.0673 e. The summed E-state index contributed by atoms with van der Waals surface area (Å²) in [5, 5.41) is 0.705. The van der Waals surface area contributed by atoms with Crippen molar-refractivity contribution in [1.29, 1.82) is 0 Å². The molecule has 1 heteroatoms. The van der Waals surface area contributed by atoms with Gasteiger partial charge in [-0.1, -0.05) is 42.0 Å². The Morgan fingerprint density at radius 2 is 1.68 bits per heavy atom. The summed E-state index contributed by atoms with van der Waals surface area (Å²) in [6, 6.07) is 18.0. The molecule has 2 heterocycles. The van der Waals surface area contributed by atoms with E-state index in [1.165, 1.54) is 23.3 Å². The van der Waals surface area contributed by atoms with Gasteiger partial charge in [-0.25, -0.2) is 0 Å². The highest BCUT2D eigenvalue weighted by Crippen LogP contribution is 2.49. The third-order valence-corrected chi connectivity index (χ3v) is 6.78. The standard InChI is InChI=1S/C18H17S/c1-13-10-11-19-17-9-5-4-7-15(17)14-6-2-3-8-16(14)18(19)12-13/h2-10,18H,11-12H2,1H3/q+1. The van der Waals surface area contributed by atoms with Crippen molar-refractivity contribution < 1.29 is 0 Å². The highest BCUT2D eigenvalue weighted by atomic mass is 32.2. The van der Waals surface area contributed by atoms with Crippen molar-refractivity contribution in [3.8, 4) is 11.1 Å². The number of allylic oxidation sites excluding steroid dienone is 1. The minimum atomic E-state index is 0.364. The van der Waals surface area contributed by atoms with Crippen LogP contribution in [0.4, 0.5) is 0 Å². The van der Waals surface area contributed by atoms with Crippen LogP contribution in [-0.4, -0.2) is 5.75 Å². The van der Waals surface area contributed by atoms with Crippen molar-refractivity contribution in [2.75, 3.05) is 5.75 Å². The maximum atomic E-state index is 2.45. The van der Waals surface area contributed by atoms with Gasteiger partial charge in [0.25, 0.3) is 0 Å². The zero-order valence-electron chi connectivity index (χ0n) is 11.1. The van der Waals surface area contributed by atoms with E-state index in [0.29, 0.717) is 16.1 Å². The normalized spacial score (nSPS) is 23.9. The molecular weight excluding hydrogens is 248 g/mol. The van der Waals surface area contributed by atoms with Crippen LogP contribution < -0.4 is 0 Å². The van der Waals surface area contributed by atoms with Gasteiger partial charge in [0.05, 0.1) is 0 Å². The number of rotatable bonds is 0. The van der Waals surface area contributed by atoms with Gasteiger partial charge in [-0.3, -0.25) is 0 Å². The Morgan fingerprint density at radius 3 is 2.58 bits per heavy atom. The number of benzene rings is 2. The molecule has 0 aliphatic carbocycles. The Labute approximate surface area is 117 Å². The lowest BCUT2D eigenvalue weighted by atomic mass is 9.94. The zero-order valence-corrected chi connectivity index (χ0v) is 11.9. The molecule has 19 heavy (non-hydrogen) atoms. The first-order valence-corrected chi connectivity index (χ1v) is 8.34. The minimum absolute atomic E-state index is 0.364. The fraction of sp³-hybridized carbons (Fsp3) is 0.222. The van der Waals surface area contributed by atoms with Crippen LogP contribution in [0.25, 0.3) is 11.1 Å². The molecule has 0 bridgehead atoms. The fourth-order valence-electron chi connectivity index (χ4n) is 3.27. The Bertz CT molecular complexity index is 669. The second-order valence-electron chi connectivity index (χ2n) is 5.42. The first-order valence-electron chi connectivity index (χ1n) is 6.88. The van der Waals surface area contributed by atoms with E-state index in [9.17, 15) is 0 Å². The highest BCUT2D eigenvalue weighted by molar-refractivity contribution is 7.97. The van der Waals surface area contributed by atoms with Gasteiger partial charge in [0.1, 0.15) is 5.75 Å². The third kappa shape index (κ3) is 1.68. The van der Waals surface area contributed by atoms with E-state index in [1.54, 1.807) is 16.0 Å². The summed E-state index contributed by atoms with van der Waals surface area (Å²) in [5.74, 6) is 1.22. The summed E-state index contributed by atoms with van der Waals surface area (Å²) in [6.45, 7) is 2.28.